The maximum Gasteiger partial charge on any atom is 0.262 e. The fourth-order valence-corrected chi connectivity index (χ4v) is 6.29. The summed E-state index contributed by atoms with van der Waals surface area (Å²) in [5.41, 5.74) is 0.807. The van der Waals surface area contributed by atoms with Gasteiger partial charge in [0.15, 0.2) is 0 Å². The molecule has 0 aromatic carbocycles. The van der Waals surface area contributed by atoms with Crippen LogP contribution in [0.2, 0.25) is 0 Å². The van der Waals surface area contributed by atoms with Crippen LogP contribution in [0.5, 0.6) is 0 Å². The molecular weight excluding hydrogens is 396 g/mol. The lowest BCUT2D eigenvalue weighted by Crippen LogP contribution is -2.40. The standard InChI is InChI=1S/C23H34N4O2S/c1-15-12-16(2)14-26(13-15)10-7-9-24-21(28)20-17(3)19-22(30-20)25-18-8-5-4-6-11-27(18)23(19)29/h15-16H,4-14H2,1-3H3,(H,24,28)/t15-,16-/m0/s1. The number of thiophene rings is 1. The number of aromatic nitrogens is 2. The molecule has 30 heavy (non-hydrogen) atoms. The number of carbonyl (C=O) groups is 1. The van der Waals surface area contributed by atoms with Crippen molar-refractivity contribution in [2.75, 3.05) is 26.2 Å². The number of rotatable bonds is 5. The van der Waals surface area contributed by atoms with E-state index in [1.165, 1.54) is 17.8 Å². The number of fused-ring (bicyclic) bond motifs is 2. The lowest BCUT2D eigenvalue weighted by atomic mass is 9.92. The molecule has 0 bridgehead atoms. The van der Waals surface area contributed by atoms with Crippen LogP contribution in [0.15, 0.2) is 4.79 Å². The fraction of sp³-hybridized carbons (Fsp3) is 0.696. The van der Waals surface area contributed by atoms with E-state index in [9.17, 15) is 9.59 Å². The molecule has 2 atom stereocenters. The summed E-state index contributed by atoms with van der Waals surface area (Å²) in [7, 11) is 0. The Balaban J connectivity index is 1.42. The van der Waals surface area contributed by atoms with Gasteiger partial charge in [-0.15, -0.1) is 11.3 Å². The SMILES string of the molecule is Cc1c(C(=O)NCCCN2C[C@@H](C)C[C@H](C)C2)sc2nc3n(c(=O)c12)CCCCC3. The van der Waals surface area contributed by atoms with Gasteiger partial charge in [0.2, 0.25) is 0 Å². The van der Waals surface area contributed by atoms with E-state index in [1.54, 1.807) is 0 Å². The number of hydrogen-bond donors (Lipinski definition) is 1. The minimum atomic E-state index is -0.0736. The van der Waals surface area contributed by atoms with E-state index in [4.69, 9.17) is 4.98 Å². The maximum absolute atomic E-state index is 13.1. The molecule has 164 valence electrons. The molecule has 0 spiro atoms. The Kier molecular flexibility index (Phi) is 6.58. The predicted octanol–water partition coefficient (Wildman–Crippen LogP) is 3.59. The molecule has 6 nitrogen and oxygen atoms in total. The van der Waals surface area contributed by atoms with Crippen LogP contribution in [0.25, 0.3) is 10.2 Å². The van der Waals surface area contributed by atoms with E-state index in [2.05, 4.69) is 24.1 Å². The molecule has 0 aliphatic carbocycles. The smallest absolute Gasteiger partial charge is 0.262 e. The van der Waals surface area contributed by atoms with Gasteiger partial charge in [-0.3, -0.25) is 14.2 Å². The third-order valence-corrected chi connectivity index (χ3v) is 7.68. The monoisotopic (exact) mass is 430 g/mol. The van der Waals surface area contributed by atoms with Crippen LogP contribution in [0, 0.1) is 18.8 Å². The largest absolute Gasteiger partial charge is 0.351 e. The van der Waals surface area contributed by atoms with Gasteiger partial charge < -0.3 is 10.2 Å². The van der Waals surface area contributed by atoms with Crippen LogP contribution in [0.4, 0.5) is 0 Å². The molecule has 1 amide bonds. The predicted molar refractivity (Wildman–Crippen MR) is 123 cm³/mol. The normalized spacial score (nSPS) is 22.6. The number of aryl methyl sites for hydroxylation is 2. The Morgan fingerprint density at radius 2 is 1.97 bits per heavy atom. The number of nitrogens with one attached hydrogen (secondary N) is 1. The summed E-state index contributed by atoms with van der Waals surface area (Å²) in [4.78, 5) is 34.5. The number of nitrogens with zero attached hydrogens (tertiary/aromatic N) is 3. The molecule has 0 radical (unpaired) electrons. The zero-order valence-electron chi connectivity index (χ0n) is 18.5. The average Bonchev–Trinajstić information content (AvgIpc) is 2.86. The summed E-state index contributed by atoms with van der Waals surface area (Å²) in [6.45, 7) is 11.3. The van der Waals surface area contributed by atoms with Crippen LogP contribution in [0.3, 0.4) is 0 Å². The molecule has 1 fully saturated rings. The van der Waals surface area contributed by atoms with E-state index < -0.39 is 0 Å². The molecule has 2 aromatic rings. The quantitative estimate of drug-likeness (QED) is 0.736. The van der Waals surface area contributed by atoms with E-state index >= 15 is 0 Å². The van der Waals surface area contributed by atoms with Gasteiger partial charge in [-0.25, -0.2) is 4.98 Å². The number of piperidine rings is 1. The van der Waals surface area contributed by atoms with E-state index in [-0.39, 0.29) is 11.5 Å². The van der Waals surface area contributed by atoms with Gasteiger partial charge in [-0.05, 0) is 56.6 Å². The zero-order chi connectivity index (χ0) is 21.3. The van der Waals surface area contributed by atoms with Crippen molar-refractivity contribution in [2.24, 2.45) is 11.8 Å². The maximum atomic E-state index is 13.1. The number of hydrogen-bond acceptors (Lipinski definition) is 5. The first kappa shape index (κ1) is 21.5. The van der Waals surface area contributed by atoms with Gasteiger partial charge in [-0.1, -0.05) is 20.3 Å². The Bertz CT molecular complexity index is 970. The molecule has 7 heteroatoms. The number of likely N-dealkylation sites (tertiary alicyclic amines) is 1. The molecule has 2 aromatic heterocycles. The summed E-state index contributed by atoms with van der Waals surface area (Å²) in [5.74, 6) is 2.32. The molecule has 0 saturated carbocycles. The molecule has 0 unspecified atom stereocenters. The van der Waals surface area contributed by atoms with Gasteiger partial charge >= 0.3 is 0 Å². The molecular formula is C23H34N4O2S. The van der Waals surface area contributed by atoms with Crippen molar-refractivity contribution in [1.82, 2.24) is 19.8 Å². The highest BCUT2D eigenvalue weighted by atomic mass is 32.1. The van der Waals surface area contributed by atoms with Gasteiger partial charge in [0, 0.05) is 32.6 Å². The van der Waals surface area contributed by atoms with Crippen LogP contribution in [-0.4, -0.2) is 46.5 Å². The van der Waals surface area contributed by atoms with E-state index in [0.29, 0.717) is 21.6 Å². The molecule has 2 aliphatic heterocycles. The van der Waals surface area contributed by atoms with Crippen molar-refractivity contribution in [3.05, 3.63) is 26.6 Å². The van der Waals surface area contributed by atoms with Crippen molar-refractivity contribution in [2.45, 2.75) is 65.8 Å². The fourth-order valence-electron chi connectivity index (χ4n) is 5.19. The lowest BCUT2D eigenvalue weighted by Gasteiger charge is -2.34. The summed E-state index contributed by atoms with van der Waals surface area (Å²) in [6.07, 6.45) is 6.34. The summed E-state index contributed by atoms with van der Waals surface area (Å²) >= 11 is 1.37. The molecule has 4 rings (SSSR count). The molecule has 4 heterocycles. The number of carbonyl (C=O) groups excluding carboxylic acids is 1. The lowest BCUT2D eigenvalue weighted by molar-refractivity contribution is 0.0951. The van der Waals surface area contributed by atoms with Crippen molar-refractivity contribution in [1.29, 1.82) is 0 Å². The second-order valence-electron chi connectivity index (χ2n) is 9.35. The minimum absolute atomic E-state index is 0.0260. The van der Waals surface area contributed by atoms with E-state index in [0.717, 1.165) is 81.5 Å². The van der Waals surface area contributed by atoms with E-state index in [1.807, 2.05) is 11.5 Å². The van der Waals surface area contributed by atoms with Crippen LogP contribution >= 0.6 is 11.3 Å². The topological polar surface area (TPSA) is 67.2 Å². The van der Waals surface area contributed by atoms with Crippen LogP contribution in [0.1, 0.15) is 67.0 Å². The summed E-state index contributed by atoms with van der Waals surface area (Å²) < 4.78 is 1.83. The van der Waals surface area contributed by atoms with Crippen molar-refractivity contribution in [3.8, 4) is 0 Å². The Hall–Kier alpha value is -1.73. The van der Waals surface area contributed by atoms with Gasteiger partial charge in [-0.2, -0.15) is 0 Å². The first-order valence-corrected chi connectivity index (χ1v) is 12.3. The van der Waals surface area contributed by atoms with Crippen molar-refractivity contribution < 1.29 is 4.79 Å². The van der Waals surface area contributed by atoms with Gasteiger partial charge in [0.25, 0.3) is 11.5 Å². The second kappa shape index (κ2) is 9.18. The second-order valence-corrected chi connectivity index (χ2v) is 10.3. The highest BCUT2D eigenvalue weighted by Gasteiger charge is 2.23. The highest BCUT2D eigenvalue weighted by molar-refractivity contribution is 7.20. The highest BCUT2D eigenvalue weighted by Crippen LogP contribution is 2.28. The Morgan fingerprint density at radius 3 is 2.73 bits per heavy atom. The van der Waals surface area contributed by atoms with Crippen molar-refractivity contribution in [3.63, 3.8) is 0 Å². The zero-order valence-corrected chi connectivity index (χ0v) is 19.3. The third kappa shape index (κ3) is 4.47. The summed E-state index contributed by atoms with van der Waals surface area (Å²) in [6, 6.07) is 0. The van der Waals surface area contributed by atoms with Crippen LogP contribution < -0.4 is 10.9 Å². The Labute approximate surface area is 182 Å². The number of amides is 1. The average molecular weight is 431 g/mol. The van der Waals surface area contributed by atoms with Crippen LogP contribution in [-0.2, 0) is 13.0 Å². The Morgan fingerprint density at radius 1 is 1.20 bits per heavy atom. The first-order chi connectivity index (χ1) is 14.4. The summed E-state index contributed by atoms with van der Waals surface area (Å²) in [5, 5.41) is 3.70. The molecule has 1 N–H and O–H groups in total. The van der Waals surface area contributed by atoms with Gasteiger partial charge in [0.1, 0.15) is 10.7 Å². The van der Waals surface area contributed by atoms with Crippen molar-refractivity contribution >= 4 is 27.5 Å². The third-order valence-electron chi connectivity index (χ3n) is 6.50. The first-order valence-electron chi connectivity index (χ1n) is 11.5. The van der Waals surface area contributed by atoms with Gasteiger partial charge in [0.05, 0.1) is 10.3 Å². The molecule has 2 aliphatic rings. The molecule has 1 saturated heterocycles. The minimum Gasteiger partial charge on any atom is -0.351 e.